The molecule has 0 bridgehead atoms. The number of ether oxygens (including phenoxy) is 1. The van der Waals surface area contributed by atoms with E-state index in [1.807, 2.05) is 24.3 Å². The van der Waals surface area contributed by atoms with E-state index in [9.17, 15) is 13.2 Å². The Morgan fingerprint density at radius 2 is 2.00 bits per heavy atom. The third-order valence-electron chi connectivity index (χ3n) is 4.78. The summed E-state index contributed by atoms with van der Waals surface area (Å²) in [6, 6.07) is 12.0. The quantitative estimate of drug-likeness (QED) is 0.801. The van der Waals surface area contributed by atoms with Crippen LogP contribution in [0.25, 0.3) is 0 Å². The van der Waals surface area contributed by atoms with Crippen LogP contribution >= 0.6 is 11.6 Å². The SMILES string of the molecule is COc1ccccc1N1CCCC(NC(=O)c2ccc(Cl)c(S(C)(=O)=O)c2)C1. The second-order valence-electron chi connectivity index (χ2n) is 6.85. The first-order valence-corrected chi connectivity index (χ1v) is 11.2. The normalized spacial score (nSPS) is 17.2. The zero-order valence-corrected chi connectivity index (χ0v) is 17.4. The van der Waals surface area contributed by atoms with Crippen molar-refractivity contribution < 1.29 is 17.9 Å². The lowest BCUT2D eigenvalue weighted by atomic mass is 10.0. The van der Waals surface area contributed by atoms with E-state index in [4.69, 9.17) is 16.3 Å². The maximum atomic E-state index is 12.7. The Morgan fingerprint density at radius 1 is 1.25 bits per heavy atom. The average molecular weight is 423 g/mol. The Kier molecular flexibility index (Phi) is 6.15. The molecule has 0 spiro atoms. The van der Waals surface area contributed by atoms with Gasteiger partial charge < -0.3 is 15.0 Å². The number of halogens is 1. The molecule has 1 atom stereocenters. The molecule has 0 aliphatic carbocycles. The van der Waals surface area contributed by atoms with Crippen LogP contribution in [0.15, 0.2) is 47.4 Å². The summed E-state index contributed by atoms with van der Waals surface area (Å²) in [5.74, 6) is 0.485. The predicted octanol–water partition coefficient (Wildman–Crippen LogP) is 3.15. The summed E-state index contributed by atoms with van der Waals surface area (Å²) in [5, 5.41) is 3.12. The summed E-state index contributed by atoms with van der Waals surface area (Å²) in [5.41, 5.74) is 1.27. The number of anilines is 1. The van der Waals surface area contributed by atoms with E-state index >= 15 is 0 Å². The van der Waals surface area contributed by atoms with Gasteiger partial charge in [-0.3, -0.25) is 4.79 Å². The number of nitrogens with zero attached hydrogens (tertiary/aromatic N) is 1. The standard InChI is InChI=1S/C20H23ClN2O4S/c1-27-18-8-4-3-7-17(18)23-11-5-6-15(13-23)22-20(24)14-9-10-16(21)19(12-14)28(2,25)26/h3-4,7-10,12,15H,5-6,11,13H2,1-2H3,(H,22,24). The molecule has 1 unspecified atom stereocenters. The Balaban J connectivity index is 1.74. The number of amides is 1. The van der Waals surface area contributed by atoms with Gasteiger partial charge in [0, 0.05) is 31.0 Å². The molecule has 28 heavy (non-hydrogen) atoms. The number of rotatable bonds is 5. The highest BCUT2D eigenvalue weighted by molar-refractivity contribution is 7.90. The van der Waals surface area contributed by atoms with E-state index in [0.29, 0.717) is 6.54 Å². The predicted molar refractivity (Wildman–Crippen MR) is 110 cm³/mol. The fourth-order valence-electron chi connectivity index (χ4n) is 3.40. The molecule has 150 valence electrons. The van der Waals surface area contributed by atoms with Gasteiger partial charge in [-0.25, -0.2) is 8.42 Å². The Bertz CT molecular complexity index is 978. The lowest BCUT2D eigenvalue weighted by Gasteiger charge is -2.35. The van der Waals surface area contributed by atoms with Crippen LogP contribution in [0.2, 0.25) is 5.02 Å². The van der Waals surface area contributed by atoms with Gasteiger partial charge >= 0.3 is 0 Å². The summed E-state index contributed by atoms with van der Waals surface area (Å²) >= 11 is 5.96. The van der Waals surface area contributed by atoms with E-state index in [1.165, 1.54) is 18.2 Å². The van der Waals surface area contributed by atoms with Gasteiger partial charge in [0.25, 0.3) is 5.91 Å². The van der Waals surface area contributed by atoms with Crippen molar-refractivity contribution >= 4 is 33.0 Å². The van der Waals surface area contributed by atoms with E-state index in [0.717, 1.165) is 37.1 Å². The molecule has 0 radical (unpaired) electrons. The van der Waals surface area contributed by atoms with Gasteiger partial charge in [0.2, 0.25) is 0 Å². The lowest BCUT2D eigenvalue weighted by molar-refractivity contribution is 0.0933. The van der Waals surface area contributed by atoms with E-state index in [-0.39, 0.29) is 27.4 Å². The minimum Gasteiger partial charge on any atom is -0.495 e. The third kappa shape index (κ3) is 4.59. The first-order valence-electron chi connectivity index (χ1n) is 8.98. The van der Waals surface area contributed by atoms with Crippen LogP contribution in [-0.2, 0) is 9.84 Å². The van der Waals surface area contributed by atoms with Crippen molar-refractivity contribution in [1.82, 2.24) is 5.32 Å². The Morgan fingerprint density at radius 3 is 2.71 bits per heavy atom. The molecule has 1 aliphatic rings. The fraction of sp³-hybridized carbons (Fsp3) is 0.350. The zero-order valence-electron chi connectivity index (χ0n) is 15.8. The second kappa shape index (κ2) is 8.41. The van der Waals surface area contributed by atoms with Crippen molar-refractivity contribution in [3.05, 3.63) is 53.1 Å². The lowest BCUT2D eigenvalue weighted by Crippen LogP contribution is -2.48. The molecule has 1 fully saturated rings. The second-order valence-corrected chi connectivity index (χ2v) is 9.24. The fourth-order valence-corrected chi connectivity index (χ4v) is 4.70. The molecule has 8 heteroatoms. The number of sulfone groups is 1. The molecule has 2 aromatic carbocycles. The summed E-state index contributed by atoms with van der Waals surface area (Å²) in [4.78, 5) is 14.8. The van der Waals surface area contributed by atoms with E-state index in [1.54, 1.807) is 7.11 Å². The van der Waals surface area contributed by atoms with Crippen LogP contribution in [0.5, 0.6) is 5.75 Å². The number of benzene rings is 2. The summed E-state index contributed by atoms with van der Waals surface area (Å²) in [7, 11) is -1.87. The van der Waals surface area contributed by atoms with Gasteiger partial charge in [-0.15, -0.1) is 0 Å². The van der Waals surface area contributed by atoms with Crippen molar-refractivity contribution in [3.8, 4) is 5.75 Å². The minimum absolute atomic E-state index is 0.0406. The summed E-state index contributed by atoms with van der Waals surface area (Å²) in [6.45, 7) is 1.53. The molecule has 1 heterocycles. The van der Waals surface area contributed by atoms with E-state index in [2.05, 4.69) is 10.2 Å². The topological polar surface area (TPSA) is 75.7 Å². The van der Waals surface area contributed by atoms with Gasteiger partial charge in [0.05, 0.1) is 22.7 Å². The van der Waals surface area contributed by atoms with Gasteiger partial charge in [-0.2, -0.15) is 0 Å². The van der Waals surface area contributed by atoms with Gasteiger partial charge in [0.1, 0.15) is 5.75 Å². The van der Waals surface area contributed by atoms with Crippen molar-refractivity contribution in [2.24, 2.45) is 0 Å². The van der Waals surface area contributed by atoms with Crippen LogP contribution in [0.4, 0.5) is 5.69 Å². The molecule has 0 saturated carbocycles. The smallest absolute Gasteiger partial charge is 0.251 e. The van der Waals surface area contributed by atoms with Gasteiger partial charge in [0.15, 0.2) is 9.84 Å². The number of hydrogen-bond donors (Lipinski definition) is 1. The van der Waals surface area contributed by atoms with Crippen LogP contribution < -0.4 is 15.0 Å². The number of carbonyl (C=O) groups is 1. The number of piperidine rings is 1. The first kappa shape index (κ1) is 20.5. The van der Waals surface area contributed by atoms with Gasteiger partial charge in [-0.05, 0) is 43.2 Å². The maximum Gasteiger partial charge on any atom is 0.251 e. The monoisotopic (exact) mass is 422 g/mol. The highest BCUT2D eigenvalue weighted by atomic mass is 35.5. The molecule has 6 nitrogen and oxygen atoms in total. The Hall–Kier alpha value is -2.25. The Labute approximate surface area is 170 Å². The summed E-state index contributed by atoms with van der Waals surface area (Å²) in [6.07, 6.45) is 2.85. The van der Waals surface area contributed by atoms with Crippen molar-refractivity contribution in [3.63, 3.8) is 0 Å². The molecular formula is C20H23ClN2O4S. The molecule has 2 aromatic rings. The number of carbonyl (C=O) groups excluding carboxylic acids is 1. The zero-order chi connectivity index (χ0) is 20.3. The molecular weight excluding hydrogens is 400 g/mol. The molecule has 1 N–H and O–H groups in total. The maximum absolute atomic E-state index is 12.7. The summed E-state index contributed by atoms with van der Waals surface area (Å²) < 4.78 is 29.1. The van der Waals surface area contributed by atoms with Crippen LogP contribution in [0.1, 0.15) is 23.2 Å². The van der Waals surface area contributed by atoms with Gasteiger partial charge in [-0.1, -0.05) is 23.7 Å². The number of para-hydroxylation sites is 2. The average Bonchev–Trinajstić information content (AvgIpc) is 2.67. The third-order valence-corrected chi connectivity index (χ3v) is 6.35. The van der Waals surface area contributed by atoms with E-state index < -0.39 is 9.84 Å². The molecule has 3 rings (SSSR count). The van der Waals surface area contributed by atoms with Crippen molar-refractivity contribution in [2.45, 2.75) is 23.8 Å². The number of hydrogen-bond acceptors (Lipinski definition) is 5. The van der Waals surface area contributed by atoms with Crippen molar-refractivity contribution in [1.29, 1.82) is 0 Å². The number of nitrogens with one attached hydrogen (secondary N) is 1. The number of methoxy groups -OCH3 is 1. The van der Waals surface area contributed by atoms with Crippen molar-refractivity contribution in [2.75, 3.05) is 31.4 Å². The molecule has 0 aromatic heterocycles. The highest BCUT2D eigenvalue weighted by Gasteiger charge is 2.24. The van der Waals surface area contributed by atoms with Crippen LogP contribution in [0.3, 0.4) is 0 Å². The minimum atomic E-state index is -3.51. The first-order chi connectivity index (χ1) is 13.3. The van der Waals surface area contributed by atoms with Crippen LogP contribution in [0, 0.1) is 0 Å². The molecule has 1 saturated heterocycles. The molecule has 1 aliphatic heterocycles. The molecule has 1 amide bonds. The highest BCUT2D eigenvalue weighted by Crippen LogP contribution is 2.30. The van der Waals surface area contributed by atoms with Crippen LogP contribution in [-0.4, -0.2) is 46.8 Å². The largest absolute Gasteiger partial charge is 0.495 e.